The minimum absolute atomic E-state index is 0.256. The number of aromatic nitrogens is 1. The lowest BCUT2D eigenvalue weighted by atomic mass is 10.1. The molecule has 0 fully saturated rings. The minimum atomic E-state index is -0.298. The van der Waals surface area contributed by atoms with Gasteiger partial charge in [0.05, 0.1) is 4.92 Å². The molecule has 0 saturated heterocycles. The van der Waals surface area contributed by atoms with Crippen molar-refractivity contribution in [1.82, 2.24) is 4.98 Å². The molecule has 0 aliphatic heterocycles. The Balaban J connectivity index is 2.92. The van der Waals surface area contributed by atoms with Crippen LogP contribution in [0.15, 0.2) is 11.2 Å². The summed E-state index contributed by atoms with van der Waals surface area (Å²) >= 11 is 1.38. The third-order valence-corrected chi connectivity index (χ3v) is 2.80. The summed E-state index contributed by atoms with van der Waals surface area (Å²) in [4.78, 5) is 13.4. The smallest absolute Gasteiger partial charge is 0.303 e. The van der Waals surface area contributed by atoms with Crippen LogP contribution in [0.4, 0.5) is 5.69 Å². The molecule has 1 aromatic heterocycles. The Kier molecular flexibility index (Phi) is 4.00. The minimum Gasteiger partial charge on any atom is -0.350 e. The Hall–Kier alpha value is -0.970. The summed E-state index contributed by atoms with van der Waals surface area (Å²) in [6.45, 7) is 2.08. The number of H-pyrrole nitrogens is 1. The molecule has 0 aliphatic carbocycles. The number of rotatable bonds is 5. The molecule has 0 saturated carbocycles. The van der Waals surface area contributed by atoms with E-state index >= 15 is 0 Å². The van der Waals surface area contributed by atoms with Crippen LogP contribution < -0.4 is 0 Å². The molecule has 0 spiro atoms. The van der Waals surface area contributed by atoms with E-state index in [9.17, 15) is 10.1 Å². The summed E-state index contributed by atoms with van der Waals surface area (Å²) < 4.78 is 0. The Morgan fingerprint density at radius 3 is 2.86 bits per heavy atom. The molecule has 1 heterocycles. The Labute approximate surface area is 87.2 Å². The molecular weight excluding hydrogens is 200 g/mol. The fourth-order valence-corrected chi connectivity index (χ4v) is 1.92. The number of aromatic amines is 1. The summed E-state index contributed by atoms with van der Waals surface area (Å²) in [6, 6.07) is 0. The van der Waals surface area contributed by atoms with E-state index in [1.807, 2.05) is 6.26 Å². The predicted octanol–water partition coefficient (Wildman–Crippen LogP) is 2.99. The zero-order valence-corrected chi connectivity index (χ0v) is 9.19. The summed E-state index contributed by atoms with van der Waals surface area (Å²) in [5, 5.41) is 11.5. The molecule has 0 aromatic carbocycles. The maximum absolute atomic E-state index is 10.8. The molecule has 0 unspecified atom stereocenters. The highest BCUT2D eigenvalue weighted by atomic mass is 32.2. The zero-order valence-electron chi connectivity index (χ0n) is 8.37. The van der Waals surface area contributed by atoms with E-state index in [4.69, 9.17) is 0 Å². The highest BCUT2D eigenvalue weighted by molar-refractivity contribution is 7.98. The molecule has 5 heteroatoms. The zero-order chi connectivity index (χ0) is 10.6. The second-order valence-corrected chi connectivity index (χ2v) is 3.87. The molecule has 1 N–H and O–H groups in total. The van der Waals surface area contributed by atoms with Gasteiger partial charge in [0, 0.05) is 11.8 Å². The van der Waals surface area contributed by atoms with E-state index in [1.54, 1.807) is 6.20 Å². The number of hydrogen-bond acceptors (Lipinski definition) is 3. The second-order valence-electron chi connectivity index (χ2n) is 3.06. The van der Waals surface area contributed by atoms with E-state index in [0.717, 1.165) is 24.8 Å². The third-order valence-electron chi connectivity index (χ3n) is 2.08. The summed E-state index contributed by atoms with van der Waals surface area (Å²) in [7, 11) is 0. The molecule has 14 heavy (non-hydrogen) atoms. The maximum atomic E-state index is 10.8. The fraction of sp³-hybridized carbons (Fsp3) is 0.556. The summed E-state index contributed by atoms with van der Waals surface area (Å²) in [5.41, 5.74) is 1.08. The fourth-order valence-electron chi connectivity index (χ4n) is 1.35. The predicted molar refractivity (Wildman–Crippen MR) is 57.8 cm³/mol. The first-order chi connectivity index (χ1) is 6.70. The van der Waals surface area contributed by atoms with Crippen molar-refractivity contribution in [1.29, 1.82) is 0 Å². The molecule has 0 bridgehead atoms. The quantitative estimate of drug-likeness (QED) is 0.465. The molecule has 0 atom stereocenters. The van der Waals surface area contributed by atoms with Gasteiger partial charge in [0.25, 0.3) is 0 Å². The van der Waals surface area contributed by atoms with Crippen LogP contribution in [-0.4, -0.2) is 16.2 Å². The van der Waals surface area contributed by atoms with Crippen molar-refractivity contribution in [2.75, 3.05) is 6.26 Å². The topological polar surface area (TPSA) is 58.9 Å². The first-order valence-electron chi connectivity index (χ1n) is 4.59. The van der Waals surface area contributed by atoms with Crippen molar-refractivity contribution >= 4 is 17.4 Å². The SMILES string of the molecule is CCCCc1c[nH]c(SC)c1[N+](=O)[O-]. The normalized spacial score (nSPS) is 10.4. The van der Waals surface area contributed by atoms with Crippen molar-refractivity contribution in [3.05, 3.63) is 21.9 Å². The lowest BCUT2D eigenvalue weighted by molar-refractivity contribution is -0.388. The maximum Gasteiger partial charge on any atom is 0.303 e. The van der Waals surface area contributed by atoms with Crippen LogP contribution in [0.25, 0.3) is 0 Å². The Morgan fingerprint density at radius 1 is 1.64 bits per heavy atom. The van der Waals surface area contributed by atoms with E-state index in [1.165, 1.54) is 11.8 Å². The molecule has 1 aromatic rings. The lowest BCUT2D eigenvalue weighted by Gasteiger charge is -1.96. The van der Waals surface area contributed by atoms with Crippen LogP contribution in [0.3, 0.4) is 0 Å². The van der Waals surface area contributed by atoms with Crippen LogP contribution in [0.5, 0.6) is 0 Å². The summed E-state index contributed by atoms with van der Waals surface area (Å²) in [5.74, 6) is 0. The van der Waals surface area contributed by atoms with Crippen LogP contribution in [-0.2, 0) is 6.42 Å². The van der Waals surface area contributed by atoms with Gasteiger partial charge >= 0.3 is 5.69 Å². The third kappa shape index (κ3) is 2.29. The largest absolute Gasteiger partial charge is 0.350 e. The van der Waals surface area contributed by atoms with Crippen LogP contribution >= 0.6 is 11.8 Å². The monoisotopic (exact) mass is 214 g/mol. The van der Waals surface area contributed by atoms with Gasteiger partial charge in [0.2, 0.25) is 0 Å². The molecular formula is C9H14N2O2S. The van der Waals surface area contributed by atoms with E-state index in [-0.39, 0.29) is 10.6 Å². The molecule has 78 valence electrons. The van der Waals surface area contributed by atoms with Gasteiger partial charge in [-0.15, -0.1) is 11.8 Å². The number of unbranched alkanes of at least 4 members (excludes halogenated alkanes) is 1. The molecule has 0 radical (unpaired) electrons. The van der Waals surface area contributed by atoms with Crippen molar-refractivity contribution in [2.24, 2.45) is 0 Å². The van der Waals surface area contributed by atoms with Gasteiger partial charge in [-0.25, -0.2) is 0 Å². The van der Waals surface area contributed by atoms with Gasteiger partial charge < -0.3 is 4.98 Å². The van der Waals surface area contributed by atoms with Gasteiger partial charge in [-0.2, -0.15) is 0 Å². The van der Waals surface area contributed by atoms with Gasteiger partial charge in [0.1, 0.15) is 0 Å². The number of nitro groups is 1. The Bertz CT molecular complexity index is 323. The Morgan fingerprint density at radius 2 is 2.36 bits per heavy atom. The van der Waals surface area contributed by atoms with E-state index in [2.05, 4.69) is 11.9 Å². The van der Waals surface area contributed by atoms with Crippen LogP contribution in [0, 0.1) is 10.1 Å². The van der Waals surface area contributed by atoms with Gasteiger partial charge in [-0.3, -0.25) is 10.1 Å². The van der Waals surface area contributed by atoms with Crippen molar-refractivity contribution in [3.63, 3.8) is 0 Å². The van der Waals surface area contributed by atoms with E-state index in [0.29, 0.717) is 5.03 Å². The highest BCUT2D eigenvalue weighted by Crippen LogP contribution is 2.30. The standard InChI is InChI=1S/C9H14N2O2S/c1-3-4-5-7-6-10-9(14-2)8(7)11(12)13/h6,10H,3-5H2,1-2H3. The second kappa shape index (κ2) is 5.05. The van der Waals surface area contributed by atoms with Gasteiger partial charge in [-0.05, 0) is 19.1 Å². The summed E-state index contributed by atoms with van der Waals surface area (Å²) in [6.07, 6.45) is 6.41. The highest BCUT2D eigenvalue weighted by Gasteiger charge is 2.20. The van der Waals surface area contributed by atoms with Crippen LogP contribution in [0.2, 0.25) is 0 Å². The van der Waals surface area contributed by atoms with Gasteiger partial charge in [0.15, 0.2) is 5.03 Å². The average molecular weight is 214 g/mol. The number of nitrogens with zero attached hydrogens (tertiary/aromatic N) is 1. The molecule has 4 nitrogen and oxygen atoms in total. The molecule has 1 rings (SSSR count). The first-order valence-corrected chi connectivity index (χ1v) is 5.81. The molecule has 0 aliphatic rings. The number of thioether (sulfide) groups is 1. The number of hydrogen-bond donors (Lipinski definition) is 1. The van der Waals surface area contributed by atoms with Gasteiger partial charge in [-0.1, -0.05) is 13.3 Å². The first kappa shape index (κ1) is 11.1. The number of aryl methyl sites for hydroxylation is 1. The average Bonchev–Trinajstić information content (AvgIpc) is 2.57. The van der Waals surface area contributed by atoms with Crippen molar-refractivity contribution < 1.29 is 4.92 Å². The van der Waals surface area contributed by atoms with Crippen molar-refractivity contribution in [2.45, 2.75) is 31.2 Å². The van der Waals surface area contributed by atoms with Crippen LogP contribution in [0.1, 0.15) is 25.3 Å². The van der Waals surface area contributed by atoms with E-state index < -0.39 is 0 Å². The number of nitrogens with one attached hydrogen (secondary N) is 1. The van der Waals surface area contributed by atoms with Crippen molar-refractivity contribution in [3.8, 4) is 0 Å². The molecule has 0 amide bonds. The lowest BCUT2D eigenvalue weighted by Crippen LogP contribution is -1.93.